The standard InChI is InChI=1S/C13H21N3S.C2H6/c1-10(2)15-7-11-8-16(14-13(11)9-15)12-3-5-17-6-4-12;1-2/h8,10,12H,3-7,9H2,1-2H3;1-2H3. The first kappa shape index (κ1) is 14.9. The molecule has 4 heteroatoms. The second-order valence-electron chi connectivity index (χ2n) is 5.42. The summed E-state index contributed by atoms with van der Waals surface area (Å²) in [4.78, 5) is 2.48. The van der Waals surface area contributed by atoms with Crippen LogP contribution in [-0.2, 0) is 13.1 Å². The quantitative estimate of drug-likeness (QED) is 0.825. The number of aromatic nitrogens is 2. The first-order chi connectivity index (χ1) is 9.24. The first-order valence-corrected chi connectivity index (χ1v) is 8.78. The summed E-state index contributed by atoms with van der Waals surface area (Å²) in [5.41, 5.74) is 2.77. The van der Waals surface area contributed by atoms with Gasteiger partial charge in [0.1, 0.15) is 0 Å². The van der Waals surface area contributed by atoms with Crippen molar-refractivity contribution in [3.05, 3.63) is 17.5 Å². The van der Waals surface area contributed by atoms with Crippen LogP contribution in [0.1, 0.15) is 57.8 Å². The fourth-order valence-electron chi connectivity index (χ4n) is 2.70. The fraction of sp³-hybridized carbons (Fsp3) is 0.800. The minimum absolute atomic E-state index is 0.628. The number of thioether (sulfide) groups is 1. The topological polar surface area (TPSA) is 21.1 Å². The molecule has 3 rings (SSSR count). The lowest BCUT2D eigenvalue weighted by molar-refractivity contribution is 0.222. The second-order valence-corrected chi connectivity index (χ2v) is 6.65. The second kappa shape index (κ2) is 6.80. The molecule has 2 aliphatic rings. The molecule has 0 bridgehead atoms. The molecule has 0 spiro atoms. The van der Waals surface area contributed by atoms with Crippen LogP contribution in [-0.4, -0.2) is 32.2 Å². The SMILES string of the molecule is CC.CC(C)N1Cc2cn(C3CCSCC3)nc2C1. The Morgan fingerprint density at radius 3 is 2.47 bits per heavy atom. The van der Waals surface area contributed by atoms with E-state index in [1.165, 1.54) is 35.6 Å². The van der Waals surface area contributed by atoms with E-state index in [1.54, 1.807) is 0 Å². The van der Waals surface area contributed by atoms with Crippen molar-refractivity contribution in [2.75, 3.05) is 11.5 Å². The summed E-state index contributed by atoms with van der Waals surface area (Å²) in [6.07, 6.45) is 4.89. The van der Waals surface area contributed by atoms with Crippen LogP contribution in [0.4, 0.5) is 0 Å². The molecule has 0 aromatic carbocycles. The summed E-state index contributed by atoms with van der Waals surface area (Å²) in [6.45, 7) is 10.7. The Balaban J connectivity index is 0.000000637. The van der Waals surface area contributed by atoms with Crippen LogP contribution in [0, 0.1) is 0 Å². The zero-order valence-electron chi connectivity index (χ0n) is 12.7. The zero-order chi connectivity index (χ0) is 13.8. The molecular weight excluding hydrogens is 254 g/mol. The van der Waals surface area contributed by atoms with Gasteiger partial charge in [0, 0.05) is 30.9 Å². The van der Waals surface area contributed by atoms with Crippen LogP contribution >= 0.6 is 11.8 Å². The molecule has 0 N–H and O–H groups in total. The van der Waals surface area contributed by atoms with Crippen LogP contribution in [0.25, 0.3) is 0 Å². The van der Waals surface area contributed by atoms with Gasteiger partial charge in [-0.25, -0.2) is 0 Å². The van der Waals surface area contributed by atoms with Crippen LogP contribution in [0.2, 0.25) is 0 Å². The molecule has 3 heterocycles. The van der Waals surface area contributed by atoms with Gasteiger partial charge in [-0.1, -0.05) is 13.8 Å². The van der Waals surface area contributed by atoms with Gasteiger partial charge in [-0.3, -0.25) is 9.58 Å². The Labute approximate surface area is 121 Å². The van der Waals surface area contributed by atoms with Crippen molar-refractivity contribution in [3.63, 3.8) is 0 Å². The monoisotopic (exact) mass is 281 g/mol. The third-order valence-electron chi connectivity index (χ3n) is 3.92. The van der Waals surface area contributed by atoms with Crippen molar-refractivity contribution in [2.24, 2.45) is 0 Å². The maximum absolute atomic E-state index is 4.81. The molecule has 1 fully saturated rings. The maximum atomic E-state index is 4.81. The van der Waals surface area contributed by atoms with E-state index >= 15 is 0 Å². The molecule has 0 radical (unpaired) electrons. The Hall–Kier alpha value is -0.480. The molecular formula is C15H27N3S. The average Bonchev–Trinajstić information content (AvgIpc) is 3.00. The van der Waals surface area contributed by atoms with E-state index in [0.29, 0.717) is 12.1 Å². The van der Waals surface area contributed by atoms with E-state index in [9.17, 15) is 0 Å². The molecule has 1 aromatic rings. The van der Waals surface area contributed by atoms with Gasteiger partial charge in [-0.2, -0.15) is 16.9 Å². The molecule has 0 saturated carbocycles. The van der Waals surface area contributed by atoms with Crippen LogP contribution in [0.5, 0.6) is 0 Å². The number of nitrogens with zero attached hydrogens (tertiary/aromatic N) is 3. The van der Waals surface area contributed by atoms with Crippen molar-refractivity contribution >= 4 is 11.8 Å². The number of hydrogen-bond donors (Lipinski definition) is 0. The van der Waals surface area contributed by atoms with Crippen molar-refractivity contribution in [1.82, 2.24) is 14.7 Å². The normalized spacial score (nSPS) is 20.3. The summed E-state index contributed by atoms with van der Waals surface area (Å²) in [7, 11) is 0. The van der Waals surface area contributed by atoms with Gasteiger partial charge in [-0.05, 0) is 38.2 Å². The van der Waals surface area contributed by atoms with Gasteiger partial charge in [-0.15, -0.1) is 0 Å². The molecule has 0 aliphatic carbocycles. The van der Waals surface area contributed by atoms with Gasteiger partial charge < -0.3 is 0 Å². The van der Waals surface area contributed by atoms with Gasteiger partial charge in [0.25, 0.3) is 0 Å². The molecule has 0 amide bonds. The van der Waals surface area contributed by atoms with E-state index in [2.05, 4.69) is 41.4 Å². The predicted molar refractivity (Wildman–Crippen MR) is 83.6 cm³/mol. The molecule has 19 heavy (non-hydrogen) atoms. The van der Waals surface area contributed by atoms with E-state index in [0.717, 1.165) is 13.1 Å². The van der Waals surface area contributed by atoms with Gasteiger partial charge in [0.2, 0.25) is 0 Å². The summed E-state index contributed by atoms with van der Waals surface area (Å²) in [5, 5.41) is 4.81. The van der Waals surface area contributed by atoms with Crippen molar-refractivity contribution < 1.29 is 0 Å². The third kappa shape index (κ3) is 3.34. The third-order valence-corrected chi connectivity index (χ3v) is 4.97. The highest BCUT2D eigenvalue weighted by molar-refractivity contribution is 7.99. The number of hydrogen-bond acceptors (Lipinski definition) is 3. The smallest absolute Gasteiger partial charge is 0.0810 e. The minimum atomic E-state index is 0.628. The highest BCUT2D eigenvalue weighted by Gasteiger charge is 2.26. The Morgan fingerprint density at radius 2 is 1.89 bits per heavy atom. The average molecular weight is 281 g/mol. The van der Waals surface area contributed by atoms with Gasteiger partial charge >= 0.3 is 0 Å². The largest absolute Gasteiger partial charge is 0.291 e. The molecule has 3 nitrogen and oxygen atoms in total. The summed E-state index contributed by atoms with van der Waals surface area (Å²) in [5.74, 6) is 2.60. The zero-order valence-corrected chi connectivity index (χ0v) is 13.5. The molecule has 0 unspecified atom stereocenters. The van der Waals surface area contributed by atoms with Crippen LogP contribution < -0.4 is 0 Å². The van der Waals surface area contributed by atoms with E-state index in [-0.39, 0.29) is 0 Å². The van der Waals surface area contributed by atoms with Crippen LogP contribution in [0.15, 0.2) is 6.20 Å². The van der Waals surface area contributed by atoms with Gasteiger partial charge in [0.05, 0.1) is 11.7 Å². The Bertz CT molecular complexity index is 371. The Morgan fingerprint density at radius 1 is 1.21 bits per heavy atom. The van der Waals surface area contributed by atoms with Crippen molar-refractivity contribution in [2.45, 2.75) is 65.7 Å². The lowest BCUT2D eigenvalue weighted by atomic mass is 10.2. The minimum Gasteiger partial charge on any atom is -0.291 e. The lowest BCUT2D eigenvalue weighted by Gasteiger charge is -2.23. The summed E-state index contributed by atoms with van der Waals surface area (Å²) < 4.78 is 2.25. The lowest BCUT2D eigenvalue weighted by Crippen LogP contribution is -2.25. The van der Waals surface area contributed by atoms with Gasteiger partial charge in [0.15, 0.2) is 0 Å². The summed E-state index contributed by atoms with van der Waals surface area (Å²) >= 11 is 2.08. The fourth-order valence-corrected chi connectivity index (χ4v) is 3.78. The van der Waals surface area contributed by atoms with Crippen molar-refractivity contribution in [1.29, 1.82) is 0 Å². The number of fused-ring (bicyclic) bond motifs is 1. The summed E-state index contributed by atoms with van der Waals surface area (Å²) in [6, 6.07) is 1.29. The molecule has 1 aromatic heterocycles. The number of rotatable bonds is 2. The molecule has 0 atom stereocenters. The highest BCUT2D eigenvalue weighted by Crippen LogP contribution is 2.30. The van der Waals surface area contributed by atoms with Crippen LogP contribution in [0.3, 0.4) is 0 Å². The van der Waals surface area contributed by atoms with E-state index in [4.69, 9.17) is 5.10 Å². The maximum Gasteiger partial charge on any atom is 0.0810 e. The van der Waals surface area contributed by atoms with E-state index < -0.39 is 0 Å². The first-order valence-electron chi connectivity index (χ1n) is 7.62. The Kier molecular flexibility index (Phi) is 5.34. The predicted octanol–water partition coefficient (Wildman–Crippen LogP) is 3.70. The van der Waals surface area contributed by atoms with Crippen molar-refractivity contribution in [3.8, 4) is 0 Å². The highest BCUT2D eigenvalue weighted by atomic mass is 32.2. The molecule has 1 saturated heterocycles. The van der Waals surface area contributed by atoms with E-state index in [1.807, 2.05) is 13.8 Å². The molecule has 108 valence electrons. The molecule has 2 aliphatic heterocycles.